The second kappa shape index (κ2) is 10.5. The van der Waals surface area contributed by atoms with Gasteiger partial charge in [0.15, 0.2) is 0 Å². The molecule has 0 aromatic heterocycles. The summed E-state index contributed by atoms with van der Waals surface area (Å²) in [6, 6.07) is 19.2. The van der Waals surface area contributed by atoms with Gasteiger partial charge < -0.3 is 20.4 Å². The molecule has 2 aliphatic heterocycles. The summed E-state index contributed by atoms with van der Waals surface area (Å²) in [7, 11) is 2.11. The van der Waals surface area contributed by atoms with E-state index >= 15 is 0 Å². The number of likely N-dealkylation sites (tertiary alicyclic amines) is 1. The van der Waals surface area contributed by atoms with Gasteiger partial charge in [-0.15, -0.1) is 0 Å². The SMILES string of the molecule is C=C(N1CCC(Nc2ccc(C#N)cc2)CC1)N(C)c1ccc(CN2CCNCC2)cc1. The minimum Gasteiger partial charge on any atom is -0.382 e. The molecule has 0 aliphatic carbocycles. The van der Waals surface area contributed by atoms with Crippen LogP contribution in [-0.2, 0) is 6.54 Å². The highest BCUT2D eigenvalue weighted by Gasteiger charge is 2.22. The Balaban J connectivity index is 1.26. The average molecular weight is 431 g/mol. The van der Waals surface area contributed by atoms with E-state index in [1.165, 1.54) is 11.3 Å². The van der Waals surface area contributed by atoms with E-state index in [-0.39, 0.29) is 0 Å². The van der Waals surface area contributed by atoms with Crippen LogP contribution in [0.15, 0.2) is 60.9 Å². The van der Waals surface area contributed by atoms with Crippen molar-refractivity contribution >= 4 is 11.4 Å². The van der Waals surface area contributed by atoms with Crippen LogP contribution in [0.5, 0.6) is 0 Å². The Morgan fingerprint density at radius 1 is 1.06 bits per heavy atom. The van der Waals surface area contributed by atoms with E-state index in [1.54, 1.807) is 0 Å². The Morgan fingerprint density at radius 2 is 1.72 bits per heavy atom. The number of nitrogens with zero attached hydrogens (tertiary/aromatic N) is 4. The first kappa shape index (κ1) is 22.2. The summed E-state index contributed by atoms with van der Waals surface area (Å²) in [4.78, 5) is 7.08. The van der Waals surface area contributed by atoms with Gasteiger partial charge in [0, 0.05) is 70.3 Å². The van der Waals surface area contributed by atoms with Crippen LogP contribution in [0.1, 0.15) is 24.0 Å². The molecule has 0 spiro atoms. The average Bonchev–Trinajstić information content (AvgIpc) is 2.85. The second-order valence-electron chi connectivity index (χ2n) is 8.76. The molecule has 0 radical (unpaired) electrons. The zero-order valence-electron chi connectivity index (χ0n) is 19.1. The molecule has 2 N–H and O–H groups in total. The number of anilines is 2. The number of nitriles is 1. The quantitative estimate of drug-likeness (QED) is 0.702. The van der Waals surface area contributed by atoms with Crippen LogP contribution in [0, 0.1) is 11.3 Å². The van der Waals surface area contributed by atoms with Crippen molar-refractivity contribution in [3.8, 4) is 6.07 Å². The summed E-state index contributed by atoms with van der Waals surface area (Å²) >= 11 is 0. The summed E-state index contributed by atoms with van der Waals surface area (Å²) in [6.45, 7) is 11.8. The smallest absolute Gasteiger partial charge is 0.101 e. The number of nitrogens with one attached hydrogen (secondary N) is 2. The predicted octanol–water partition coefficient (Wildman–Crippen LogP) is 3.45. The van der Waals surface area contributed by atoms with E-state index < -0.39 is 0 Å². The molecule has 0 bridgehead atoms. The number of rotatable bonds is 7. The van der Waals surface area contributed by atoms with Crippen molar-refractivity contribution in [1.29, 1.82) is 5.26 Å². The van der Waals surface area contributed by atoms with Crippen molar-refractivity contribution in [2.45, 2.75) is 25.4 Å². The Morgan fingerprint density at radius 3 is 2.34 bits per heavy atom. The van der Waals surface area contributed by atoms with Crippen LogP contribution in [0.2, 0.25) is 0 Å². The zero-order valence-corrected chi connectivity index (χ0v) is 19.1. The molecule has 2 aromatic rings. The van der Waals surface area contributed by atoms with Crippen LogP contribution in [0.4, 0.5) is 11.4 Å². The Bertz CT molecular complexity index is 916. The first-order valence-corrected chi connectivity index (χ1v) is 11.6. The molecular weight excluding hydrogens is 396 g/mol. The van der Waals surface area contributed by atoms with Crippen LogP contribution >= 0.6 is 0 Å². The van der Waals surface area contributed by atoms with E-state index in [1.807, 2.05) is 24.3 Å². The minimum atomic E-state index is 0.446. The largest absolute Gasteiger partial charge is 0.382 e. The maximum atomic E-state index is 8.95. The van der Waals surface area contributed by atoms with Crippen molar-refractivity contribution in [2.75, 3.05) is 56.5 Å². The highest BCUT2D eigenvalue weighted by molar-refractivity contribution is 5.51. The summed E-state index contributed by atoms with van der Waals surface area (Å²) in [5, 5.41) is 16.0. The first-order chi connectivity index (χ1) is 15.6. The molecule has 2 aliphatic rings. The lowest BCUT2D eigenvalue weighted by molar-refractivity contribution is 0.233. The van der Waals surface area contributed by atoms with E-state index in [9.17, 15) is 0 Å². The molecule has 2 saturated heterocycles. The van der Waals surface area contributed by atoms with Gasteiger partial charge in [0.1, 0.15) is 5.82 Å². The van der Waals surface area contributed by atoms with Gasteiger partial charge in [-0.1, -0.05) is 18.7 Å². The minimum absolute atomic E-state index is 0.446. The fraction of sp³-hybridized carbons (Fsp3) is 0.423. The van der Waals surface area contributed by atoms with E-state index in [0.29, 0.717) is 11.6 Å². The second-order valence-corrected chi connectivity index (χ2v) is 8.76. The van der Waals surface area contributed by atoms with E-state index in [0.717, 1.165) is 70.2 Å². The van der Waals surface area contributed by atoms with Crippen molar-refractivity contribution < 1.29 is 0 Å². The first-order valence-electron chi connectivity index (χ1n) is 11.6. The number of hydrogen-bond acceptors (Lipinski definition) is 6. The molecule has 168 valence electrons. The summed E-state index contributed by atoms with van der Waals surface area (Å²) in [5.41, 5.74) is 4.32. The molecule has 0 unspecified atom stereocenters. The van der Waals surface area contributed by atoms with E-state index in [2.05, 4.69) is 69.3 Å². The molecule has 6 heteroatoms. The summed E-state index contributed by atoms with van der Waals surface area (Å²) < 4.78 is 0. The van der Waals surface area contributed by atoms with Crippen LogP contribution in [0.25, 0.3) is 0 Å². The van der Waals surface area contributed by atoms with Crippen molar-refractivity contribution in [3.63, 3.8) is 0 Å². The molecule has 2 aromatic carbocycles. The van der Waals surface area contributed by atoms with Crippen molar-refractivity contribution in [2.24, 2.45) is 0 Å². The van der Waals surface area contributed by atoms with Gasteiger partial charge in [-0.2, -0.15) is 5.26 Å². The lowest BCUT2D eigenvalue weighted by Crippen LogP contribution is -2.42. The normalized spacial score (nSPS) is 17.6. The van der Waals surface area contributed by atoms with Gasteiger partial charge in [-0.05, 0) is 54.8 Å². The highest BCUT2D eigenvalue weighted by atomic mass is 15.3. The lowest BCUT2D eigenvalue weighted by atomic mass is 10.0. The highest BCUT2D eigenvalue weighted by Crippen LogP contribution is 2.24. The molecular formula is C26H34N6. The van der Waals surface area contributed by atoms with Crippen molar-refractivity contribution in [3.05, 3.63) is 72.1 Å². The fourth-order valence-corrected chi connectivity index (χ4v) is 4.47. The third-order valence-electron chi connectivity index (χ3n) is 6.57. The van der Waals surface area contributed by atoms with Gasteiger partial charge in [0.05, 0.1) is 11.6 Å². The van der Waals surface area contributed by atoms with Gasteiger partial charge >= 0.3 is 0 Å². The third kappa shape index (κ3) is 5.61. The molecule has 0 amide bonds. The van der Waals surface area contributed by atoms with Gasteiger partial charge in [0.2, 0.25) is 0 Å². The molecule has 2 fully saturated rings. The molecule has 2 heterocycles. The van der Waals surface area contributed by atoms with Gasteiger partial charge in [-0.3, -0.25) is 4.90 Å². The number of hydrogen-bond donors (Lipinski definition) is 2. The number of piperidine rings is 1. The topological polar surface area (TPSA) is 57.6 Å². The molecule has 4 rings (SSSR count). The maximum absolute atomic E-state index is 8.95. The van der Waals surface area contributed by atoms with Crippen molar-refractivity contribution in [1.82, 2.24) is 15.1 Å². The predicted molar refractivity (Wildman–Crippen MR) is 132 cm³/mol. The standard InChI is InChI=1S/C26H34N6/c1-21(30(2)26-9-5-23(6-10-26)20-31-17-13-28-14-18-31)32-15-11-25(12-16-32)29-24-7-3-22(19-27)4-8-24/h3-10,25,28-29H,1,11-18,20H2,2H3. The molecule has 0 saturated carbocycles. The van der Waals surface area contributed by atoms with E-state index in [4.69, 9.17) is 5.26 Å². The third-order valence-corrected chi connectivity index (χ3v) is 6.57. The molecule has 0 atom stereocenters. The number of piperazine rings is 1. The fourth-order valence-electron chi connectivity index (χ4n) is 4.47. The summed E-state index contributed by atoms with van der Waals surface area (Å²) in [5.74, 6) is 1.05. The Labute approximate surface area is 192 Å². The number of benzene rings is 2. The van der Waals surface area contributed by atoms with Gasteiger partial charge in [-0.25, -0.2) is 0 Å². The zero-order chi connectivity index (χ0) is 22.3. The maximum Gasteiger partial charge on any atom is 0.101 e. The van der Waals surface area contributed by atoms with Crippen LogP contribution in [-0.4, -0.2) is 62.2 Å². The summed E-state index contributed by atoms with van der Waals surface area (Å²) in [6.07, 6.45) is 2.13. The molecule has 32 heavy (non-hydrogen) atoms. The lowest BCUT2D eigenvalue weighted by Gasteiger charge is -2.38. The van der Waals surface area contributed by atoms with Crippen LogP contribution < -0.4 is 15.5 Å². The Kier molecular flexibility index (Phi) is 7.31. The molecule has 6 nitrogen and oxygen atoms in total. The van der Waals surface area contributed by atoms with Gasteiger partial charge in [0.25, 0.3) is 0 Å². The monoisotopic (exact) mass is 430 g/mol. The Hall–Kier alpha value is -3.01. The van der Waals surface area contributed by atoms with Crippen LogP contribution in [0.3, 0.4) is 0 Å².